The third-order valence-electron chi connectivity index (χ3n) is 7.16. The molecule has 2 fully saturated rings. The Balaban J connectivity index is 1.36. The van der Waals surface area contributed by atoms with Gasteiger partial charge >= 0.3 is 0 Å². The zero-order valence-corrected chi connectivity index (χ0v) is 19.9. The molecule has 1 heterocycles. The number of hydrogen-bond donors (Lipinski definition) is 2. The number of allylic oxidation sites excluding steroid dienone is 2. The van der Waals surface area contributed by atoms with Crippen LogP contribution in [-0.4, -0.2) is 71.2 Å². The summed E-state index contributed by atoms with van der Waals surface area (Å²) in [6, 6.07) is 0. The lowest BCUT2D eigenvalue weighted by Crippen LogP contribution is -2.37. The first-order valence-corrected chi connectivity index (χ1v) is 13.3. The van der Waals surface area contributed by atoms with Gasteiger partial charge in [0.05, 0.1) is 24.9 Å². The van der Waals surface area contributed by atoms with Crippen LogP contribution in [0.3, 0.4) is 0 Å². The van der Waals surface area contributed by atoms with Crippen molar-refractivity contribution in [3.8, 4) is 0 Å². The molecule has 0 aromatic carbocycles. The van der Waals surface area contributed by atoms with Gasteiger partial charge in [-0.05, 0) is 56.6 Å². The predicted octanol–water partition coefficient (Wildman–Crippen LogP) is 4.27. The molecule has 0 aromatic rings. The van der Waals surface area contributed by atoms with Crippen molar-refractivity contribution in [1.29, 1.82) is 0 Å². The highest BCUT2D eigenvalue weighted by Gasteiger charge is 2.43. The van der Waals surface area contributed by atoms with Crippen LogP contribution in [0.1, 0.15) is 58.8 Å². The summed E-state index contributed by atoms with van der Waals surface area (Å²) >= 11 is 2.07. The standard InChI is InChI=1S/C25H43NO3S/c1-3-4-8-25(2,28)9-5-6-22-23-18-20(17-21(23)19-24(22)27)7-15-30-16-12-26-10-13-29-14-11-26/h5-6,17,21-24,27-28H,3-4,7-16,18-19H2,1-2H3/b6-5+/t21-,22+,23-,24+,25-/m0/s1. The van der Waals surface area contributed by atoms with Crippen LogP contribution in [0, 0.1) is 17.8 Å². The molecular formula is C25H43NO3S. The minimum Gasteiger partial charge on any atom is -0.392 e. The van der Waals surface area contributed by atoms with Crippen molar-refractivity contribution in [2.24, 2.45) is 17.8 Å². The van der Waals surface area contributed by atoms with Crippen LogP contribution in [0.25, 0.3) is 0 Å². The van der Waals surface area contributed by atoms with Gasteiger partial charge in [0, 0.05) is 31.3 Å². The van der Waals surface area contributed by atoms with E-state index in [1.807, 2.05) is 6.92 Å². The number of thioether (sulfide) groups is 1. The average Bonchev–Trinajstić information content (AvgIpc) is 3.24. The third kappa shape index (κ3) is 7.37. The molecule has 3 rings (SSSR count). The van der Waals surface area contributed by atoms with Gasteiger partial charge in [0.25, 0.3) is 0 Å². The Morgan fingerprint density at radius 3 is 2.87 bits per heavy atom. The van der Waals surface area contributed by atoms with Gasteiger partial charge in [-0.25, -0.2) is 0 Å². The van der Waals surface area contributed by atoms with Crippen molar-refractivity contribution >= 4 is 11.8 Å². The molecule has 0 radical (unpaired) electrons. The molecule has 1 saturated carbocycles. The zero-order valence-electron chi connectivity index (χ0n) is 19.1. The van der Waals surface area contributed by atoms with E-state index in [0.717, 1.165) is 58.4 Å². The molecule has 30 heavy (non-hydrogen) atoms. The summed E-state index contributed by atoms with van der Waals surface area (Å²) in [5, 5.41) is 21.1. The predicted molar refractivity (Wildman–Crippen MR) is 127 cm³/mol. The van der Waals surface area contributed by atoms with Gasteiger partial charge in [-0.3, -0.25) is 4.90 Å². The van der Waals surface area contributed by atoms with E-state index in [9.17, 15) is 10.2 Å². The van der Waals surface area contributed by atoms with Gasteiger partial charge < -0.3 is 14.9 Å². The molecule has 1 aliphatic heterocycles. The monoisotopic (exact) mass is 437 g/mol. The van der Waals surface area contributed by atoms with Crippen LogP contribution >= 0.6 is 11.8 Å². The van der Waals surface area contributed by atoms with E-state index in [4.69, 9.17) is 4.74 Å². The van der Waals surface area contributed by atoms with E-state index in [0.29, 0.717) is 18.3 Å². The second-order valence-electron chi connectivity index (χ2n) is 9.79. The minimum atomic E-state index is -0.618. The zero-order chi connectivity index (χ0) is 21.4. The lowest BCUT2D eigenvalue weighted by Gasteiger charge is -2.26. The Morgan fingerprint density at radius 1 is 1.30 bits per heavy atom. The van der Waals surface area contributed by atoms with Crippen LogP contribution in [0.5, 0.6) is 0 Å². The van der Waals surface area contributed by atoms with E-state index in [1.54, 1.807) is 5.57 Å². The Morgan fingerprint density at radius 2 is 2.10 bits per heavy atom. The summed E-state index contributed by atoms with van der Waals surface area (Å²) in [4.78, 5) is 2.51. The van der Waals surface area contributed by atoms with Crippen LogP contribution in [-0.2, 0) is 4.74 Å². The number of rotatable bonds is 12. The largest absolute Gasteiger partial charge is 0.392 e. The van der Waals surface area contributed by atoms with E-state index < -0.39 is 5.60 Å². The van der Waals surface area contributed by atoms with Gasteiger partial charge in [-0.2, -0.15) is 11.8 Å². The van der Waals surface area contributed by atoms with Crippen LogP contribution in [0.4, 0.5) is 0 Å². The van der Waals surface area contributed by atoms with Crippen molar-refractivity contribution in [3.05, 3.63) is 23.8 Å². The first-order valence-electron chi connectivity index (χ1n) is 12.1. The maximum atomic E-state index is 10.6. The van der Waals surface area contributed by atoms with E-state index in [1.165, 1.54) is 24.5 Å². The second kappa shape index (κ2) is 12.1. The van der Waals surface area contributed by atoms with Crippen molar-refractivity contribution < 1.29 is 14.9 Å². The lowest BCUT2D eigenvalue weighted by atomic mass is 9.88. The van der Waals surface area contributed by atoms with Gasteiger partial charge in [0.2, 0.25) is 0 Å². The molecule has 2 N–H and O–H groups in total. The number of aliphatic hydroxyl groups excluding tert-OH is 1. The van der Waals surface area contributed by atoms with E-state index in [2.05, 4.69) is 41.8 Å². The quantitative estimate of drug-likeness (QED) is 0.353. The molecule has 5 atom stereocenters. The van der Waals surface area contributed by atoms with Crippen molar-refractivity contribution in [3.63, 3.8) is 0 Å². The molecule has 5 heteroatoms. The highest BCUT2D eigenvalue weighted by Crippen LogP contribution is 2.48. The fourth-order valence-electron chi connectivity index (χ4n) is 5.25. The Bertz CT molecular complexity index is 571. The number of unbranched alkanes of at least 4 members (excludes halogenated alkanes) is 1. The number of fused-ring (bicyclic) bond motifs is 1. The smallest absolute Gasteiger partial charge is 0.0654 e. The fourth-order valence-corrected chi connectivity index (χ4v) is 6.25. The maximum absolute atomic E-state index is 10.6. The third-order valence-corrected chi connectivity index (χ3v) is 8.12. The Kier molecular flexibility index (Phi) is 9.77. The number of nitrogens with zero attached hydrogens (tertiary/aromatic N) is 1. The first kappa shape index (κ1) is 24.3. The number of aliphatic hydroxyl groups is 2. The summed E-state index contributed by atoms with van der Waals surface area (Å²) < 4.78 is 5.41. The molecule has 1 saturated heterocycles. The molecule has 0 unspecified atom stereocenters. The molecule has 0 bridgehead atoms. The second-order valence-corrected chi connectivity index (χ2v) is 11.0. The highest BCUT2D eigenvalue weighted by molar-refractivity contribution is 7.99. The molecule has 0 amide bonds. The lowest BCUT2D eigenvalue weighted by molar-refractivity contribution is 0.0410. The molecule has 0 spiro atoms. The van der Waals surface area contributed by atoms with E-state index >= 15 is 0 Å². The molecular weight excluding hydrogens is 394 g/mol. The molecule has 2 aliphatic carbocycles. The topological polar surface area (TPSA) is 52.9 Å². The number of hydrogen-bond acceptors (Lipinski definition) is 5. The first-order chi connectivity index (χ1) is 14.5. The summed E-state index contributed by atoms with van der Waals surface area (Å²) in [6.45, 7) is 9.22. The SMILES string of the molecule is CCCC[C@](C)(O)C/C=C/[C@@H]1[C@H]2CC(CCSCCN3CCOCC3)=C[C@H]2C[C@H]1O. The van der Waals surface area contributed by atoms with Crippen LogP contribution in [0.2, 0.25) is 0 Å². The summed E-state index contributed by atoms with van der Waals surface area (Å²) in [5.41, 5.74) is 0.983. The van der Waals surface area contributed by atoms with Crippen molar-refractivity contribution in [2.75, 3.05) is 44.4 Å². The van der Waals surface area contributed by atoms with E-state index in [-0.39, 0.29) is 12.0 Å². The minimum absolute atomic E-state index is 0.225. The van der Waals surface area contributed by atoms with Gasteiger partial charge in [-0.15, -0.1) is 0 Å². The maximum Gasteiger partial charge on any atom is 0.0654 e. The van der Waals surface area contributed by atoms with Gasteiger partial charge in [0.1, 0.15) is 0 Å². The van der Waals surface area contributed by atoms with Crippen LogP contribution in [0.15, 0.2) is 23.8 Å². The van der Waals surface area contributed by atoms with Crippen LogP contribution < -0.4 is 0 Å². The summed E-state index contributed by atoms with van der Waals surface area (Å²) in [5.74, 6) is 3.77. The van der Waals surface area contributed by atoms with Crippen molar-refractivity contribution in [2.45, 2.75) is 70.5 Å². The summed E-state index contributed by atoms with van der Waals surface area (Å²) in [7, 11) is 0. The average molecular weight is 438 g/mol. The Labute approximate surface area is 188 Å². The molecule has 4 nitrogen and oxygen atoms in total. The number of ether oxygens (including phenoxy) is 1. The normalized spacial score (nSPS) is 31.8. The fraction of sp³-hybridized carbons (Fsp3) is 0.840. The molecule has 0 aromatic heterocycles. The molecule has 3 aliphatic rings. The van der Waals surface area contributed by atoms with Gasteiger partial charge in [-0.1, -0.05) is 43.6 Å². The van der Waals surface area contributed by atoms with Gasteiger partial charge in [0.15, 0.2) is 0 Å². The number of morpholine rings is 1. The summed E-state index contributed by atoms with van der Waals surface area (Å²) in [6.07, 6.45) is 13.6. The Hall–Kier alpha value is -0.330. The van der Waals surface area contributed by atoms with Crippen molar-refractivity contribution in [1.82, 2.24) is 4.90 Å². The molecule has 172 valence electrons. The highest BCUT2D eigenvalue weighted by atomic mass is 32.2.